The van der Waals surface area contributed by atoms with Gasteiger partial charge in [0, 0.05) is 11.6 Å². The summed E-state index contributed by atoms with van der Waals surface area (Å²) >= 11 is 1.35. The van der Waals surface area contributed by atoms with Gasteiger partial charge in [-0.15, -0.1) is 0 Å². The van der Waals surface area contributed by atoms with Crippen LogP contribution in [0.3, 0.4) is 0 Å². The van der Waals surface area contributed by atoms with Gasteiger partial charge in [0.05, 0.1) is 22.2 Å². The highest BCUT2D eigenvalue weighted by Gasteiger charge is 2.11. The molecule has 0 bridgehead atoms. The van der Waals surface area contributed by atoms with Crippen LogP contribution in [0.25, 0.3) is 21.5 Å². The molecule has 2 aromatic carbocycles. The van der Waals surface area contributed by atoms with E-state index in [9.17, 15) is 14.0 Å². The van der Waals surface area contributed by atoms with Crippen molar-refractivity contribution in [2.45, 2.75) is 6.54 Å². The number of carbonyl (C=O) groups is 1. The predicted octanol–water partition coefficient (Wildman–Crippen LogP) is 3.30. The zero-order valence-electron chi connectivity index (χ0n) is 13.9. The predicted molar refractivity (Wildman–Crippen MR) is 102 cm³/mol. The van der Waals surface area contributed by atoms with Crippen LogP contribution in [0.4, 0.5) is 9.52 Å². The minimum Gasteiger partial charge on any atom is -0.300 e. The minimum atomic E-state index is -0.462. The van der Waals surface area contributed by atoms with Gasteiger partial charge in [-0.2, -0.15) is 0 Å². The molecule has 1 amide bonds. The summed E-state index contributed by atoms with van der Waals surface area (Å²) in [5.74, 6) is -0.854. The molecule has 2 heterocycles. The van der Waals surface area contributed by atoms with Crippen molar-refractivity contribution in [3.8, 4) is 11.3 Å². The van der Waals surface area contributed by atoms with E-state index in [1.165, 1.54) is 29.8 Å². The molecule has 0 aliphatic heterocycles. The van der Waals surface area contributed by atoms with E-state index in [1.54, 1.807) is 18.2 Å². The Bertz CT molecular complexity index is 1170. The Labute approximate surface area is 157 Å². The van der Waals surface area contributed by atoms with Crippen molar-refractivity contribution in [3.63, 3.8) is 0 Å². The largest absolute Gasteiger partial charge is 0.300 e. The van der Waals surface area contributed by atoms with Crippen molar-refractivity contribution >= 4 is 32.6 Å². The molecule has 4 aromatic rings. The second-order valence-corrected chi connectivity index (χ2v) is 6.79. The quantitative estimate of drug-likeness (QED) is 0.589. The summed E-state index contributed by atoms with van der Waals surface area (Å²) in [4.78, 5) is 32.9. The van der Waals surface area contributed by atoms with E-state index in [0.717, 1.165) is 14.8 Å². The minimum absolute atomic E-state index is 0.209. The zero-order valence-corrected chi connectivity index (χ0v) is 14.7. The van der Waals surface area contributed by atoms with Gasteiger partial charge >= 0.3 is 0 Å². The highest BCUT2D eigenvalue weighted by Crippen LogP contribution is 2.25. The van der Waals surface area contributed by atoms with Crippen LogP contribution >= 0.6 is 11.3 Å². The average molecular weight is 380 g/mol. The first-order valence-corrected chi connectivity index (χ1v) is 8.88. The molecule has 0 unspecified atom stereocenters. The van der Waals surface area contributed by atoms with E-state index >= 15 is 0 Å². The van der Waals surface area contributed by atoms with Crippen molar-refractivity contribution in [1.82, 2.24) is 14.5 Å². The maximum Gasteiger partial charge on any atom is 0.254 e. The third kappa shape index (κ3) is 3.61. The Balaban J connectivity index is 1.51. The molecule has 0 fully saturated rings. The number of hydrogen-bond acceptors (Lipinski definition) is 5. The smallest absolute Gasteiger partial charge is 0.254 e. The van der Waals surface area contributed by atoms with Crippen LogP contribution in [0.15, 0.2) is 65.7 Å². The highest BCUT2D eigenvalue weighted by molar-refractivity contribution is 7.22. The van der Waals surface area contributed by atoms with Gasteiger partial charge in [0.25, 0.3) is 5.56 Å². The van der Waals surface area contributed by atoms with Crippen molar-refractivity contribution in [2.75, 3.05) is 5.32 Å². The molecule has 0 atom stereocenters. The third-order valence-corrected chi connectivity index (χ3v) is 4.84. The molecule has 0 radical (unpaired) electrons. The van der Waals surface area contributed by atoms with Crippen LogP contribution < -0.4 is 10.9 Å². The topological polar surface area (TPSA) is 76.9 Å². The zero-order chi connectivity index (χ0) is 18.8. The number of nitrogens with zero attached hydrogens (tertiary/aromatic N) is 3. The fourth-order valence-corrected chi connectivity index (χ4v) is 3.48. The van der Waals surface area contributed by atoms with E-state index in [2.05, 4.69) is 15.3 Å². The molecule has 1 N–H and O–H groups in total. The van der Waals surface area contributed by atoms with Gasteiger partial charge in [0.2, 0.25) is 5.91 Å². The van der Waals surface area contributed by atoms with E-state index in [-0.39, 0.29) is 17.8 Å². The molecule has 0 saturated carbocycles. The molecule has 4 rings (SSSR count). The van der Waals surface area contributed by atoms with Crippen molar-refractivity contribution in [2.24, 2.45) is 0 Å². The van der Waals surface area contributed by atoms with E-state index in [1.807, 2.05) is 24.3 Å². The van der Waals surface area contributed by atoms with Crippen molar-refractivity contribution in [3.05, 3.63) is 77.1 Å². The number of amides is 1. The van der Waals surface area contributed by atoms with Gasteiger partial charge in [0.1, 0.15) is 12.4 Å². The Hall–Kier alpha value is -3.39. The van der Waals surface area contributed by atoms with Crippen LogP contribution in [-0.2, 0) is 11.3 Å². The van der Waals surface area contributed by atoms with E-state index in [4.69, 9.17) is 0 Å². The number of fused-ring (bicyclic) bond motifs is 1. The molecule has 0 saturated heterocycles. The molecule has 2 aromatic heterocycles. The summed E-state index contributed by atoms with van der Waals surface area (Å²) < 4.78 is 15.9. The van der Waals surface area contributed by atoms with Gasteiger partial charge in [-0.1, -0.05) is 35.6 Å². The molecule has 0 aliphatic rings. The van der Waals surface area contributed by atoms with Crippen LogP contribution in [0.2, 0.25) is 0 Å². The number of nitrogens with one attached hydrogen (secondary N) is 1. The lowest BCUT2D eigenvalue weighted by molar-refractivity contribution is -0.116. The van der Waals surface area contributed by atoms with Crippen LogP contribution in [0, 0.1) is 5.82 Å². The number of thiazole rings is 1. The lowest BCUT2D eigenvalue weighted by Gasteiger charge is -2.07. The first-order valence-electron chi connectivity index (χ1n) is 8.07. The molecule has 27 heavy (non-hydrogen) atoms. The molecule has 6 nitrogen and oxygen atoms in total. The summed E-state index contributed by atoms with van der Waals surface area (Å²) in [6, 6.07) is 14.8. The highest BCUT2D eigenvalue weighted by atomic mass is 32.1. The third-order valence-electron chi connectivity index (χ3n) is 3.88. The van der Waals surface area contributed by atoms with Gasteiger partial charge in [-0.05, 0) is 24.3 Å². The van der Waals surface area contributed by atoms with Crippen molar-refractivity contribution in [1.29, 1.82) is 0 Å². The van der Waals surface area contributed by atoms with Gasteiger partial charge in [0.15, 0.2) is 5.13 Å². The SMILES string of the molecule is O=C(Cn1cnc(-c2ccccc2F)cc1=O)Nc1nc2ccccc2s1. The van der Waals surface area contributed by atoms with Gasteiger partial charge in [-0.3, -0.25) is 14.2 Å². The Morgan fingerprint density at radius 3 is 2.70 bits per heavy atom. The van der Waals surface area contributed by atoms with Gasteiger partial charge in [-0.25, -0.2) is 14.4 Å². The number of halogens is 1. The number of anilines is 1. The average Bonchev–Trinajstić information content (AvgIpc) is 3.06. The number of benzene rings is 2. The van der Waals surface area contributed by atoms with Crippen LogP contribution in [0.1, 0.15) is 0 Å². The summed E-state index contributed by atoms with van der Waals surface area (Å²) in [5.41, 5.74) is 0.815. The van der Waals surface area contributed by atoms with Crippen LogP contribution in [0.5, 0.6) is 0 Å². The van der Waals surface area contributed by atoms with E-state index in [0.29, 0.717) is 5.13 Å². The monoisotopic (exact) mass is 380 g/mol. The standard InChI is InChI=1S/C19H13FN4O2S/c20-13-6-2-1-5-12(13)15-9-18(26)24(11-21-15)10-17(25)23-19-22-14-7-3-4-8-16(14)27-19/h1-9,11H,10H2,(H,22,23,25). The first-order chi connectivity index (χ1) is 13.1. The molecule has 134 valence electrons. The molecule has 8 heteroatoms. The normalized spacial score (nSPS) is 10.9. The number of rotatable bonds is 4. The number of para-hydroxylation sites is 1. The summed E-state index contributed by atoms with van der Waals surface area (Å²) in [6.45, 7) is -0.209. The molecular formula is C19H13FN4O2S. The Morgan fingerprint density at radius 2 is 1.93 bits per heavy atom. The maximum absolute atomic E-state index is 13.8. The second kappa shape index (κ2) is 7.08. The number of aromatic nitrogens is 3. The van der Waals surface area contributed by atoms with Crippen LogP contribution in [-0.4, -0.2) is 20.4 Å². The Morgan fingerprint density at radius 1 is 1.15 bits per heavy atom. The number of hydrogen-bond donors (Lipinski definition) is 1. The fourth-order valence-electron chi connectivity index (χ4n) is 2.60. The number of carbonyl (C=O) groups excluding carboxylic acids is 1. The molecule has 0 spiro atoms. The van der Waals surface area contributed by atoms with Gasteiger partial charge < -0.3 is 5.32 Å². The maximum atomic E-state index is 13.8. The second-order valence-electron chi connectivity index (χ2n) is 5.76. The summed E-state index contributed by atoms with van der Waals surface area (Å²) in [5, 5.41) is 3.15. The van der Waals surface area contributed by atoms with E-state index < -0.39 is 17.3 Å². The lowest BCUT2D eigenvalue weighted by atomic mass is 10.1. The molecule has 0 aliphatic carbocycles. The summed E-state index contributed by atoms with van der Waals surface area (Å²) in [7, 11) is 0. The molecular weight excluding hydrogens is 367 g/mol. The lowest BCUT2D eigenvalue weighted by Crippen LogP contribution is -2.27. The summed E-state index contributed by atoms with van der Waals surface area (Å²) in [6.07, 6.45) is 1.24. The first kappa shape index (κ1) is 17.0. The fraction of sp³-hybridized carbons (Fsp3) is 0.0526. The van der Waals surface area contributed by atoms with Crippen molar-refractivity contribution < 1.29 is 9.18 Å². The Kier molecular flexibility index (Phi) is 4.47.